The van der Waals surface area contributed by atoms with E-state index in [2.05, 4.69) is 0 Å². The van der Waals surface area contributed by atoms with E-state index in [1.807, 2.05) is 0 Å². The quantitative estimate of drug-likeness (QED) is 0.559. The SMILES string of the molecule is COc1ccc([N+](=O)[O-])cc1OCC(C)(N)C(N)=O. The highest BCUT2D eigenvalue weighted by Crippen LogP contribution is 2.31. The molecule has 1 aromatic carbocycles. The third-order valence-electron chi connectivity index (χ3n) is 2.45. The summed E-state index contributed by atoms with van der Waals surface area (Å²) in [6, 6.07) is 3.86. The average molecular weight is 269 g/mol. The second kappa shape index (κ2) is 5.53. The molecule has 1 unspecified atom stereocenters. The first kappa shape index (κ1) is 14.7. The molecule has 0 saturated carbocycles. The van der Waals surface area contributed by atoms with Crippen molar-refractivity contribution in [3.8, 4) is 11.5 Å². The minimum atomic E-state index is -1.38. The molecule has 8 nitrogen and oxygen atoms in total. The molecule has 0 aliphatic heterocycles. The van der Waals surface area contributed by atoms with Crippen molar-refractivity contribution in [1.82, 2.24) is 0 Å². The van der Waals surface area contributed by atoms with Gasteiger partial charge in [-0.05, 0) is 13.0 Å². The van der Waals surface area contributed by atoms with Crippen molar-refractivity contribution in [3.63, 3.8) is 0 Å². The maximum atomic E-state index is 11.0. The Bertz CT molecular complexity index is 501. The number of nitrogens with two attached hydrogens (primary N) is 2. The Balaban J connectivity index is 2.96. The van der Waals surface area contributed by atoms with Gasteiger partial charge in [0, 0.05) is 6.07 Å². The molecule has 1 amide bonds. The van der Waals surface area contributed by atoms with E-state index >= 15 is 0 Å². The lowest BCUT2D eigenvalue weighted by Crippen LogP contribution is -2.53. The fourth-order valence-electron chi connectivity index (χ4n) is 1.19. The second-order valence-corrected chi connectivity index (χ2v) is 4.16. The molecule has 1 atom stereocenters. The van der Waals surface area contributed by atoms with Gasteiger partial charge in [0.1, 0.15) is 12.1 Å². The predicted octanol–water partition coefficient (Wildman–Crippen LogP) is 0.185. The molecule has 0 bridgehead atoms. The molecule has 4 N–H and O–H groups in total. The third kappa shape index (κ3) is 3.55. The Morgan fingerprint density at radius 2 is 2.11 bits per heavy atom. The molecule has 0 fully saturated rings. The van der Waals surface area contributed by atoms with Crippen molar-refractivity contribution >= 4 is 11.6 Å². The van der Waals surface area contributed by atoms with Crippen LogP contribution in [-0.4, -0.2) is 30.1 Å². The van der Waals surface area contributed by atoms with Crippen LogP contribution in [0, 0.1) is 10.1 Å². The highest BCUT2D eigenvalue weighted by molar-refractivity contribution is 5.84. The molecule has 1 aromatic rings. The summed E-state index contributed by atoms with van der Waals surface area (Å²) in [5.41, 5.74) is 9.18. The largest absolute Gasteiger partial charge is 0.493 e. The van der Waals surface area contributed by atoms with Gasteiger partial charge in [0.05, 0.1) is 18.1 Å². The fraction of sp³-hybridized carbons (Fsp3) is 0.364. The molecule has 0 heterocycles. The summed E-state index contributed by atoms with van der Waals surface area (Å²) in [6.45, 7) is 1.18. The number of benzene rings is 1. The number of ether oxygens (including phenoxy) is 2. The number of hydrogen-bond donors (Lipinski definition) is 2. The van der Waals surface area contributed by atoms with Gasteiger partial charge in [-0.15, -0.1) is 0 Å². The van der Waals surface area contributed by atoms with Gasteiger partial charge in [-0.2, -0.15) is 0 Å². The zero-order valence-electron chi connectivity index (χ0n) is 10.6. The van der Waals surface area contributed by atoms with Crippen molar-refractivity contribution < 1.29 is 19.2 Å². The van der Waals surface area contributed by atoms with E-state index in [1.165, 1.54) is 32.2 Å². The third-order valence-corrected chi connectivity index (χ3v) is 2.45. The highest BCUT2D eigenvalue weighted by Gasteiger charge is 2.27. The van der Waals surface area contributed by atoms with Gasteiger partial charge in [0.15, 0.2) is 11.5 Å². The molecule has 1 rings (SSSR count). The number of hydrogen-bond acceptors (Lipinski definition) is 6. The Morgan fingerprint density at radius 3 is 2.58 bits per heavy atom. The Morgan fingerprint density at radius 1 is 1.47 bits per heavy atom. The first-order chi connectivity index (χ1) is 8.77. The minimum Gasteiger partial charge on any atom is -0.493 e. The Hall–Kier alpha value is -2.35. The van der Waals surface area contributed by atoms with Crippen LogP contribution < -0.4 is 20.9 Å². The van der Waals surface area contributed by atoms with Crippen molar-refractivity contribution in [2.45, 2.75) is 12.5 Å². The van der Waals surface area contributed by atoms with Gasteiger partial charge >= 0.3 is 0 Å². The van der Waals surface area contributed by atoms with Gasteiger partial charge in [-0.25, -0.2) is 0 Å². The molecule has 0 aliphatic rings. The first-order valence-corrected chi connectivity index (χ1v) is 5.32. The van der Waals surface area contributed by atoms with E-state index in [0.29, 0.717) is 5.75 Å². The van der Waals surface area contributed by atoms with Crippen LogP contribution in [0.4, 0.5) is 5.69 Å². The zero-order valence-corrected chi connectivity index (χ0v) is 10.6. The number of non-ortho nitro benzene ring substituents is 1. The molecule has 0 spiro atoms. The topological polar surface area (TPSA) is 131 Å². The smallest absolute Gasteiger partial charge is 0.273 e. The summed E-state index contributed by atoms with van der Waals surface area (Å²) in [6.07, 6.45) is 0. The number of nitrogens with zero attached hydrogens (tertiary/aromatic N) is 1. The molecule has 104 valence electrons. The van der Waals surface area contributed by atoms with Crippen LogP contribution in [0.15, 0.2) is 18.2 Å². The molecular weight excluding hydrogens is 254 g/mol. The van der Waals surface area contributed by atoms with E-state index in [-0.39, 0.29) is 18.0 Å². The lowest BCUT2D eigenvalue weighted by molar-refractivity contribution is -0.385. The molecule has 0 aliphatic carbocycles. The van der Waals surface area contributed by atoms with E-state index in [4.69, 9.17) is 20.9 Å². The maximum Gasteiger partial charge on any atom is 0.273 e. The minimum absolute atomic E-state index is 0.120. The summed E-state index contributed by atoms with van der Waals surface area (Å²) in [7, 11) is 1.39. The summed E-state index contributed by atoms with van der Waals surface area (Å²) >= 11 is 0. The van der Waals surface area contributed by atoms with Crippen LogP contribution in [0.5, 0.6) is 11.5 Å². The monoisotopic (exact) mass is 269 g/mol. The number of nitro benzene ring substituents is 1. The van der Waals surface area contributed by atoms with Crippen LogP contribution in [-0.2, 0) is 4.79 Å². The lowest BCUT2D eigenvalue weighted by Gasteiger charge is -2.21. The average Bonchev–Trinajstić information content (AvgIpc) is 2.35. The normalized spacial score (nSPS) is 13.4. The maximum absolute atomic E-state index is 11.0. The fourth-order valence-corrected chi connectivity index (χ4v) is 1.19. The van der Waals surface area contributed by atoms with E-state index in [0.717, 1.165) is 0 Å². The van der Waals surface area contributed by atoms with E-state index < -0.39 is 16.4 Å². The summed E-state index contributed by atoms with van der Waals surface area (Å²) in [5.74, 6) is -0.322. The van der Waals surface area contributed by atoms with Gasteiger partial charge in [0.25, 0.3) is 5.69 Å². The lowest BCUT2D eigenvalue weighted by atomic mass is 10.1. The molecule has 0 radical (unpaired) electrons. The highest BCUT2D eigenvalue weighted by atomic mass is 16.6. The van der Waals surface area contributed by atoms with Gasteiger partial charge < -0.3 is 20.9 Å². The summed E-state index contributed by atoms with van der Waals surface area (Å²) in [4.78, 5) is 21.2. The number of nitro groups is 1. The standard InChI is InChI=1S/C11H15N3O5/c1-11(13,10(12)15)6-19-9-5-7(14(16)17)3-4-8(9)18-2/h3-5H,6,13H2,1-2H3,(H2,12,15). The van der Waals surface area contributed by atoms with Crippen LogP contribution in [0.2, 0.25) is 0 Å². The number of amides is 1. The number of methoxy groups -OCH3 is 1. The van der Waals surface area contributed by atoms with Gasteiger partial charge in [-0.3, -0.25) is 14.9 Å². The number of rotatable bonds is 6. The number of carbonyl (C=O) groups is 1. The van der Waals surface area contributed by atoms with Crippen molar-refractivity contribution in [2.24, 2.45) is 11.5 Å². The van der Waals surface area contributed by atoms with Crippen LogP contribution in [0.3, 0.4) is 0 Å². The van der Waals surface area contributed by atoms with Gasteiger partial charge in [-0.1, -0.05) is 0 Å². The summed E-state index contributed by atoms with van der Waals surface area (Å²) in [5, 5.41) is 10.7. The number of carbonyl (C=O) groups excluding carboxylic acids is 1. The van der Waals surface area contributed by atoms with Crippen LogP contribution in [0.25, 0.3) is 0 Å². The van der Waals surface area contributed by atoms with Crippen molar-refractivity contribution in [2.75, 3.05) is 13.7 Å². The van der Waals surface area contributed by atoms with Crippen molar-refractivity contribution in [3.05, 3.63) is 28.3 Å². The van der Waals surface area contributed by atoms with E-state index in [1.54, 1.807) is 0 Å². The second-order valence-electron chi connectivity index (χ2n) is 4.16. The molecule has 19 heavy (non-hydrogen) atoms. The first-order valence-electron chi connectivity index (χ1n) is 5.32. The van der Waals surface area contributed by atoms with Gasteiger partial charge in [0.2, 0.25) is 5.91 Å². The molecule has 0 aromatic heterocycles. The van der Waals surface area contributed by atoms with E-state index in [9.17, 15) is 14.9 Å². The Kier molecular flexibility index (Phi) is 4.28. The predicted molar refractivity (Wildman–Crippen MR) is 66.9 cm³/mol. The number of primary amides is 1. The zero-order chi connectivity index (χ0) is 14.6. The summed E-state index contributed by atoms with van der Waals surface area (Å²) < 4.78 is 10.3. The molecule has 8 heteroatoms. The van der Waals surface area contributed by atoms with Crippen LogP contribution in [0.1, 0.15) is 6.92 Å². The Labute approximate surface area is 109 Å². The van der Waals surface area contributed by atoms with Crippen LogP contribution >= 0.6 is 0 Å². The molecule has 0 saturated heterocycles. The van der Waals surface area contributed by atoms with Crippen molar-refractivity contribution in [1.29, 1.82) is 0 Å². The molecular formula is C11H15N3O5.